The molecule has 0 bridgehead atoms. The smallest absolute Gasteiger partial charge is 0.244 e. The maximum atomic E-state index is 12.5. The second-order valence-corrected chi connectivity index (χ2v) is 5.49. The van der Waals surface area contributed by atoms with Crippen molar-refractivity contribution in [1.82, 2.24) is 0 Å². The molecule has 1 aromatic rings. The van der Waals surface area contributed by atoms with Crippen molar-refractivity contribution in [2.24, 2.45) is 5.41 Å². The molecule has 2 rings (SSSR count). The van der Waals surface area contributed by atoms with Gasteiger partial charge in [-0.1, -0.05) is 30.9 Å². The summed E-state index contributed by atoms with van der Waals surface area (Å²) in [5.74, 6) is 0.270. The van der Waals surface area contributed by atoms with Gasteiger partial charge in [0.15, 0.2) is 0 Å². The van der Waals surface area contributed by atoms with Gasteiger partial charge in [-0.25, -0.2) is 0 Å². The summed E-state index contributed by atoms with van der Waals surface area (Å²) in [7, 11) is 1.53. The Morgan fingerprint density at radius 1 is 1.40 bits per heavy atom. The molecule has 1 fully saturated rings. The summed E-state index contributed by atoms with van der Waals surface area (Å²) in [6.07, 6.45) is 4.12. The number of nitrogens with one attached hydrogen (secondary N) is 1. The third kappa shape index (κ3) is 2.88. The zero-order chi connectivity index (χ0) is 14.6. The van der Waals surface area contributed by atoms with E-state index in [1.165, 1.54) is 7.11 Å². The molecule has 106 valence electrons. The summed E-state index contributed by atoms with van der Waals surface area (Å²) in [4.78, 5) is 12.5. The average molecular weight is 293 g/mol. The van der Waals surface area contributed by atoms with Gasteiger partial charge in [0.05, 0.1) is 18.9 Å². The maximum absolute atomic E-state index is 12.5. The van der Waals surface area contributed by atoms with Crippen LogP contribution in [0.15, 0.2) is 18.2 Å². The second-order valence-electron chi connectivity index (χ2n) is 5.05. The number of benzene rings is 1. The topological polar surface area (TPSA) is 62.1 Å². The van der Waals surface area contributed by atoms with E-state index in [9.17, 15) is 10.1 Å². The highest BCUT2D eigenvalue weighted by Crippen LogP contribution is 2.38. The monoisotopic (exact) mass is 292 g/mol. The predicted molar refractivity (Wildman–Crippen MR) is 77.8 cm³/mol. The number of nitriles is 1. The van der Waals surface area contributed by atoms with Gasteiger partial charge >= 0.3 is 0 Å². The number of ether oxygens (including phenoxy) is 1. The van der Waals surface area contributed by atoms with Crippen LogP contribution in [0.1, 0.15) is 32.1 Å². The number of carbonyl (C=O) groups is 1. The van der Waals surface area contributed by atoms with Gasteiger partial charge in [0.1, 0.15) is 11.2 Å². The van der Waals surface area contributed by atoms with Crippen molar-refractivity contribution in [2.45, 2.75) is 32.1 Å². The molecule has 1 aromatic carbocycles. The number of carbonyl (C=O) groups excluding carboxylic acids is 1. The minimum absolute atomic E-state index is 0.264. The number of nitrogens with zero attached hydrogens (tertiary/aromatic N) is 1. The van der Waals surface area contributed by atoms with Gasteiger partial charge < -0.3 is 10.1 Å². The molecule has 20 heavy (non-hydrogen) atoms. The standard InChI is InChI=1S/C15H17ClN2O2/c1-20-13-6-5-11(16)9-12(13)18-14(19)15(10-17)7-3-2-4-8-15/h5-6,9H,2-4,7-8H2,1H3,(H,18,19). The highest BCUT2D eigenvalue weighted by Gasteiger charge is 2.40. The van der Waals surface area contributed by atoms with E-state index in [1.54, 1.807) is 18.2 Å². The number of rotatable bonds is 3. The molecule has 0 unspecified atom stereocenters. The van der Waals surface area contributed by atoms with Crippen LogP contribution in [0.2, 0.25) is 5.02 Å². The quantitative estimate of drug-likeness (QED) is 0.922. The van der Waals surface area contributed by atoms with Gasteiger partial charge in [0.25, 0.3) is 0 Å². The molecule has 1 amide bonds. The van der Waals surface area contributed by atoms with Crippen molar-refractivity contribution in [3.63, 3.8) is 0 Å². The summed E-state index contributed by atoms with van der Waals surface area (Å²) in [6, 6.07) is 7.22. The fraction of sp³-hybridized carbons (Fsp3) is 0.467. The number of hydrogen-bond acceptors (Lipinski definition) is 3. The SMILES string of the molecule is COc1ccc(Cl)cc1NC(=O)C1(C#N)CCCCC1. The molecule has 1 aliphatic rings. The molecule has 1 saturated carbocycles. The Morgan fingerprint density at radius 2 is 2.10 bits per heavy atom. The average Bonchev–Trinajstić information content (AvgIpc) is 2.48. The van der Waals surface area contributed by atoms with Crippen LogP contribution in [0.3, 0.4) is 0 Å². The Hall–Kier alpha value is -1.73. The summed E-state index contributed by atoms with van der Waals surface area (Å²) >= 11 is 5.94. The van der Waals surface area contributed by atoms with Gasteiger partial charge in [-0.2, -0.15) is 5.26 Å². The number of methoxy groups -OCH3 is 1. The number of anilines is 1. The molecule has 0 atom stereocenters. The molecule has 4 nitrogen and oxygen atoms in total. The lowest BCUT2D eigenvalue weighted by Gasteiger charge is -2.29. The fourth-order valence-electron chi connectivity index (χ4n) is 2.56. The zero-order valence-corrected chi connectivity index (χ0v) is 12.2. The first-order valence-electron chi connectivity index (χ1n) is 6.67. The van der Waals surface area contributed by atoms with Crippen LogP contribution in [0.5, 0.6) is 5.75 Å². The number of amides is 1. The van der Waals surface area contributed by atoms with Crippen LogP contribution in [0.25, 0.3) is 0 Å². The highest BCUT2D eigenvalue weighted by atomic mass is 35.5. The fourth-order valence-corrected chi connectivity index (χ4v) is 2.74. The van der Waals surface area contributed by atoms with Crippen molar-refractivity contribution < 1.29 is 9.53 Å². The van der Waals surface area contributed by atoms with E-state index >= 15 is 0 Å². The van der Waals surface area contributed by atoms with Crippen molar-refractivity contribution in [2.75, 3.05) is 12.4 Å². The maximum Gasteiger partial charge on any atom is 0.244 e. The molecule has 0 aliphatic heterocycles. The Kier molecular flexibility index (Phi) is 4.51. The lowest BCUT2D eigenvalue weighted by atomic mass is 9.74. The Bertz CT molecular complexity index is 545. The zero-order valence-electron chi connectivity index (χ0n) is 11.4. The number of hydrogen-bond donors (Lipinski definition) is 1. The molecule has 1 N–H and O–H groups in total. The minimum atomic E-state index is -0.925. The molecule has 0 heterocycles. The van der Waals surface area contributed by atoms with E-state index in [0.717, 1.165) is 19.3 Å². The van der Waals surface area contributed by atoms with Crippen LogP contribution < -0.4 is 10.1 Å². The van der Waals surface area contributed by atoms with Crippen LogP contribution >= 0.6 is 11.6 Å². The van der Waals surface area contributed by atoms with E-state index in [2.05, 4.69) is 11.4 Å². The Balaban J connectivity index is 2.23. The third-order valence-corrected chi connectivity index (χ3v) is 4.00. The predicted octanol–water partition coefficient (Wildman–Crippen LogP) is 3.76. The Morgan fingerprint density at radius 3 is 2.70 bits per heavy atom. The first kappa shape index (κ1) is 14.7. The lowest BCUT2D eigenvalue weighted by molar-refractivity contribution is -0.124. The van der Waals surface area contributed by atoms with Crippen molar-refractivity contribution in [3.8, 4) is 11.8 Å². The van der Waals surface area contributed by atoms with Crippen molar-refractivity contribution in [3.05, 3.63) is 23.2 Å². The van der Waals surface area contributed by atoms with Crippen LogP contribution in [-0.4, -0.2) is 13.0 Å². The van der Waals surface area contributed by atoms with Crippen LogP contribution in [-0.2, 0) is 4.79 Å². The largest absolute Gasteiger partial charge is 0.495 e. The third-order valence-electron chi connectivity index (χ3n) is 3.77. The van der Waals surface area contributed by atoms with E-state index in [-0.39, 0.29) is 5.91 Å². The van der Waals surface area contributed by atoms with Gasteiger partial charge in [-0.15, -0.1) is 0 Å². The molecule has 0 spiro atoms. The first-order chi connectivity index (χ1) is 9.61. The summed E-state index contributed by atoms with van der Waals surface area (Å²) in [5.41, 5.74) is -0.420. The molecule has 0 radical (unpaired) electrons. The van der Waals surface area contributed by atoms with Gasteiger partial charge in [-0.3, -0.25) is 4.79 Å². The van der Waals surface area contributed by atoms with Crippen LogP contribution in [0.4, 0.5) is 5.69 Å². The van der Waals surface area contributed by atoms with E-state index in [4.69, 9.17) is 16.3 Å². The van der Waals surface area contributed by atoms with Gasteiger partial charge in [0.2, 0.25) is 5.91 Å². The minimum Gasteiger partial charge on any atom is -0.495 e. The van der Waals surface area contributed by atoms with Crippen molar-refractivity contribution in [1.29, 1.82) is 5.26 Å². The summed E-state index contributed by atoms with van der Waals surface area (Å²) < 4.78 is 5.20. The summed E-state index contributed by atoms with van der Waals surface area (Å²) in [6.45, 7) is 0. The lowest BCUT2D eigenvalue weighted by Crippen LogP contribution is -2.36. The molecule has 0 aromatic heterocycles. The molecule has 5 heteroatoms. The van der Waals surface area contributed by atoms with Gasteiger partial charge in [0, 0.05) is 5.02 Å². The number of halogens is 1. The van der Waals surface area contributed by atoms with E-state index < -0.39 is 5.41 Å². The van der Waals surface area contributed by atoms with Gasteiger partial charge in [-0.05, 0) is 31.0 Å². The Labute approximate surface area is 123 Å². The second kappa shape index (κ2) is 6.15. The van der Waals surface area contributed by atoms with Crippen LogP contribution in [0, 0.1) is 16.7 Å². The van der Waals surface area contributed by atoms with E-state index in [1.807, 2.05) is 0 Å². The summed E-state index contributed by atoms with van der Waals surface area (Å²) in [5, 5.41) is 12.7. The first-order valence-corrected chi connectivity index (χ1v) is 7.05. The normalized spacial score (nSPS) is 17.1. The van der Waals surface area contributed by atoms with E-state index in [0.29, 0.717) is 29.3 Å². The van der Waals surface area contributed by atoms with Crippen molar-refractivity contribution >= 4 is 23.2 Å². The molecular weight excluding hydrogens is 276 g/mol. The molecule has 0 saturated heterocycles. The molecular formula is C15H17ClN2O2. The highest BCUT2D eigenvalue weighted by molar-refractivity contribution is 6.31. The molecule has 1 aliphatic carbocycles.